The summed E-state index contributed by atoms with van der Waals surface area (Å²) in [6.07, 6.45) is 5.99. The zero-order valence-electron chi connectivity index (χ0n) is 14.2. The highest BCUT2D eigenvalue weighted by Gasteiger charge is 2.34. The first-order valence-electron chi connectivity index (χ1n) is 8.50. The van der Waals surface area contributed by atoms with E-state index in [0.29, 0.717) is 12.4 Å². The van der Waals surface area contributed by atoms with Crippen LogP contribution in [-0.2, 0) is 6.42 Å². The number of aromatic nitrogens is 6. The molecule has 0 amide bonds. The van der Waals surface area contributed by atoms with Gasteiger partial charge in [-0.15, -0.1) is 0 Å². The largest absolute Gasteiger partial charge is 0.381 e. The number of pyridine rings is 1. The van der Waals surface area contributed by atoms with Crippen molar-refractivity contribution in [1.82, 2.24) is 29.5 Å². The Morgan fingerprint density at radius 1 is 1.30 bits per heavy atom. The van der Waals surface area contributed by atoms with Gasteiger partial charge in [0.15, 0.2) is 17.3 Å². The minimum Gasteiger partial charge on any atom is -0.381 e. The van der Waals surface area contributed by atoms with Gasteiger partial charge in [0.05, 0.1) is 29.4 Å². The summed E-state index contributed by atoms with van der Waals surface area (Å²) in [5.41, 5.74) is 9.88. The van der Waals surface area contributed by atoms with E-state index in [4.69, 9.17) is 16.1 Å². The maximum Gasteiger partial charge on any atom is 0.182 e. The second-order valence-electron chi connectivity index (χ2n) is 6.33. The quantitative estimate of drug-likeness (QED) is 0.556. The molecule has 4 aromatic heterocycles. The average molecular weight is 357 g/mol. The van der Waals surface area contributed by atoms with E-state index in [2.05, 4.69) is 24.8 Å². The zero-order chi connectivity index (χ0) is 18.4. The normalized spacial score (nSPS) is 16.3. The van der Waals surface area contributed by atoms with Gasteiger partial charge >= 0.3 is 0 Å². The molecule has 132 valence electrons. The van der Waals surface area contributed by atoms with Crippen LogP contribution >= 0.6 is 0 Å². The number of hydrogen-bond donors (Lipinski definition) is 2. The molecule has 9 heteroatoms. The van der Waals surface area contributed by atoms with Crippen molar-refractivity contribution >= 4 is 17.2 Å². The standard InChI is InChI=1S/C18H15N9/c19-8-14-18(20)24-15(9-21-14)26-6-4-12-16(23-10-22-12)17(26)13-7-11-3-1-2-5-27(11)25-13/h1-3,5,7,9-10,17H,4,6H2,(H2,20,24)(H,22,23)/t17-/m0/s1. The summed E-state index contributed by atoms with van der Waals surface area (Å²) in [5, 5.41) is 13.8. The van der Waals surface area contributed by atoms with E-state index in [1.54, 1.807) is 12.5 Å². The van der Waals surface area contributed by atoms with Crippen molar-refractivity contribution in [2.24, 2.45) is 0 Å². The first-order valence-corrected chi connectivity index (χ1v) is 8.50. The van der Waals surface area contributed by atoms with Crippen LogP contribution in [0.15, 0.2) is 43.0 Å². The van der Waals surface area contributed by atoms with E-state index < -0.39 is 0 Å². The summed E-state index contributed by atoms with van der Waals surface area (Å²) in [6.45, 7) is 0.702. The Bertz CT molecular complexity index is 1150. The van der Waals surface area contributed by atoms with Crippen LogP contribution in [0.3, 0.4) is 0 Å². The van der Waals surface area contributed by atoms with E-state index in [1.807, 2.05) is 41.0 Å². The van der Waals surface area contributed by atoms with E-state index in [-0.39, 0.29) is 17.6 Å². The van der Waals surface area contributed by atoms with Crippen LogP contribution < -0.4 is 10.6 Å². The van der Waals surface area contributed by atoms with Gasteiger partial charge < -0.3 is 15.6 Å². The number of anilines is 2. The minimum atomic E-state index is -0.221. The molecule has 9 nitrogen and oxygen atoms in total. The van der Waals surface area contributed by atoms with Crippen molar-refractivity contribution in [3.8, 4) is 6.07 Å². The van der Waals surface area contributed by atoms with Gasteiger partial charge in [0.1, 0.15) is 12.1 Å². The first kappa shape index (κ1) is 15.3. The van der Waals surface area contributed by atoms with Crippen LogP contribution in [0.2, 0.25) is 0 Å². The summed E-state index contributed by atoms with van der Waals surface area (Å²) in [4.78, 5) is 18.4. The molecule has 0 aliphatic carbocycles. The fourth-order valence-electron chi connectivity index (χ4n) is 3.53. The van der Waals surface area contributed by atoms with Crippen molar-refractivity contribution in [3.63, 3.8) is 0 Å². The predicted octanol–water partition coefficient (Wildman–Crippen LogP) is 1.45. The topological polar surface area (TPSA) is 125 Å². The highest BCUT2D eigenvalue weighted by molar-refractivity contribution is 5.56. The lowest BCUT2D eigenvalue weighted by Gasteiger charge is -2.34. The van der Waals surface area contributed by atoms with Gasteiger partial charge in [-0.25, -0.2) is 19.5 Å². The Balaban J connectivity index is 1.66. The maximum atomic E-state index is 9.06. The Morgan fingerprint density at radius 3 is 3.04 bits per heavy atom. The molecule has 5 heterocycles. The van der Waals surface area contributed by atoms with E-state index in [0.717, 1.165) is 29.0 Å². The SMILES string of the molecule is N#Cc1ncc(N2CCc3[nH]cnc3[C@@H]2c2cc3ccccn3n2)nc1N. The summed E-state index contributed by atoms with van der Waals surface area (Å²) < 4.78 is 1.84. The van der Waals surface area contributed by atoms with Crippen molar-refractivity contribution in [3.05, 3.63) is 65.8 Å². The van der Waals surface area contributed by atoms with Crippen LogP contribution in [0.5, 0.6) is 0 Å². The number of nitrogens with zero attached hydrogens (tertiary/aromatic N) is 7. The van der Waals surface area contributed by atoms with Gasteiger partial charge in [-0.05, 0) is 18.2 Å². The lowest BCUT2D eigenvalue weighted by atomic mass is 10.00. The number of nitrogen functional groups attached to an aromatic ring is 1. The zero-order valence-corrected chi connectivity index (χ0v) is 14.2. The highest BCUT2D eigenvalue weighted by atomic mass is 15.3. The van der Waals surface area contributed by atoms with E-state index >= 15 is 0 Å². The minimum absolute atomic E-state index is 0.122. The fraction of sp³-hybridized carbons (Fsp3) is 0.167. The van der Waals surface area contributed by atoms with Crippen LogP contribution in [0.25, 0.3) is 5.52 Å². The predicted molar refractivity (Wildman–Crippen MR) is 97.8 cm³/mol. The molecule has 0 radical (unpaired) electrons. The van der Waals surface area contributed by atoms with Crippen LogP contribution in [0.4, 0.5) is 11.6 Å². The average Bonchev–Trinajstić information content (AvgIpc) is 3.33. The van der Waals surface area contributed by atoms with Crippen LogP contribution in [0, 0.1) is 11.3 Å². The molecule has 1 aliphatic heterocycles. The Hall–Kier alpha value is -3.93. The third-order valence-corrected chi connectivity index (χ3v) is 4.78. The molecule has 0 aromatic carbocycles. The molecule has 1 atom stereocenters. The monoisotopic (exact) mass is 357 g/mol. The first-order chi connectivity index (χ1) is 13.2. The third kappa shape index (κ3) is 2.38. The van der Waals surface area contributed by atoms with Gasteiger partial charge in [0.2, 0.25) is 0 Å². The highest BCUT2D eigenvalue weighted by Crippen LogP contribution is 2.36. The lowest BCUT2D eigenvalue weighted by molar-refractivity contribution is 0.609. The molecule has 0 fully saturated rings. The van der Waals surface area contributed by atoms with E-state index in [1.165, 1.54) is 0 Å². The Kier molecular flexibility index (Phi) is 3.30. The molecule has 0 bridgehead atoms. The smallest absolute Gasteiger partial charge is 0.182 e. The molecule has 27 heavy (non-hydrogen) atoms. The number of nitrogens with two attached hydrogens (primary N) is 1. The molecule has 1 aliphatic rings. The number of H-pyrrole nitrogens is 1. The molecule has 0 saturated heterocycles. The number of fused-ring (bicyclic) bond motifs is 2. The van der Waals surface area contributed by atoms with Gasteiger partial charge in [-0.1, -0.05) is 6.07 Å². The van der Waals surface area contributed by atoms with Gasteiger partial charge in [-0.3, -0.25) is 0 Å². The molecule has 3 N–H and O–H groups in total. The van der Waals surface area contributed by atoms with Crippen LogP contribution in [-0.4, -0.2) is 36.1 Å². The van der Waals surface area contributed by atoms with Gasteiger partial charge in [0.25, 0.3) is 0 Å². The summed E-state index contributed by atoms with van der Waals surface area (Å²) in [7, 11) is 0. The molecule has 4 aromatic rings. The number of aromatic amines is 1. The Morgan fingerprint density at radius 2 is 2.22 bits per heavy atom. The van der Waals surface area contributed by atoms with Gasteiger partial charge in [-0.2, -0.15) is 10.4 Å². The second kappa shape index (κ2) is 5.81. The lowest BCUT2D eigenvalue weighted by Crippen LogP contribution is -2.37. The number of imidazole rings is 1. The van der Waals surface area contributed by atoms with Crippen molar-refractivity contribution in [2.75, 3.05) is 17.2 Å². The summed E-state index contributed by atoms with van der Waals surface area (Å²) in [6, 6.07) is 9.70. The molecule has 0 saturated carbocycles. The molecule has 5 rings (SSSR count). The van der Waals surface area contributed by atoms with Crippen molar-refractivity contribution in [2.45, 2.75) is 12.5 Å². The van der Waals surface area contributed by atoms with Crippen LogP contribution in [0.1, 0.15) is 28.8 Å². The Labute approximate surface area is 154 Å². The number of hydrogen-bond acceptors (Lipinski definition) is 7. The molecule has 0 unspecified atom stereocenters. The molecular formula is C18H15N9. The summed E-state index contributed by atoms with van der Waals surface area (Å²) in [5.74, 6) is 0.721. The molecular weight excluding hydrogens is 342 g/mol. The fourth-order valence-corrected chi connectivity index (χ4v) is 3.53. The number of nitrogens with one attached hydrogen (secondary N) is 1. The summed E-state index contributed by atoms with van der Waals surface area (Å²) >= 11 is 0. The van der Waals surface area contributed by atoms with E-state index in [9.17, 15) is 0 Å². The van der Waals surface area contributed by atoms with Gasteiger partial charge in [0, 0.05) is 24.9 Å². The third-order valence-electron chi connectivity index (χ3n) is 4.78. The molecule has 0 spiro atoms. The maximum absolute atomic E-state index is 9.06. The number of nitriles is 1. The second-order valence-corrected chi connectivity index (χ2v) is 6.33. The van der Waals surface area contributed by atoms with Crippen molar-refractivity contribution < 1.29 is 0 Å². The van der Waals surface area contributed by atoms with Crippen molar-refractivity contribution in [1.29, 1.82) is 5.26 Å². The number of rotatable bonds is 2.